The third-order valence-electron chi connectivity index (χ3n) is 5.46. The molecule has 0 aliphatic carbocycles. The molecular weight excluding hydrogens is 437 g/mol. The quantitative estimate of drug-likeness (QED) is 0.257. The van der Waals surface area contributed by atoms with Crippen molar-refractivity contribution < 1.29 is 35.3 Å². The van der Waals surface area contributed by atoms with Crippen LogP contribution in [0.5, 0.6) is 0 Å². The van der Waals surface area contributed by atoms with E-state index in [2.05, 4.69) is 19.6 Å². The lowest BCUT2D eigenvalue weighted by Gasteiger charge is -2.37. The molecule has 0 aromatic heterocycles. The first-order chi connectivity index (χ1) is 13.6. The van der Waals surface area contributed by atoms with Gasteiger partial charge in [0.15, 0.2) is 8.32 Å². The summed E-state index contributed by atoms with van der Waals surface area (Å²) < 4.78 is 66.3. The van der Waals surface area contributed by atoms with Crippen LogP contribution < -0.4 is 0 Å². The van der Waals surface area contributed by atoms with Gasteiger partial charge >= 0.3 is 14.7 Å². The predicted octanol–water partition coefficient (Wildman–Crippen LogP) is 4.87. The molecule has 0 N–H and O–H groups in total. The number of ether oxygens (including phenoxy) is 2. The van der Waals surface area contributed by atoms with E-state index in [4.69, 9.17) is 22.1 Å². The molecule has 0 saturated carbocycles. The third kappa shape index (κ3) is 11.4. The van der Waals surface area contributed by atoms with Crippen LogP contribution in [0.4, 0.5) is 13.2 Å². The van der Waals surface area contributed by atoms with Crippen molar-refractivity contribution in [3.63, 3.8) is 0 Å². The van der Waals surface area contributed by atoms with Gasteiger partial charge < -0.3 is 22.1 Å². The summed E-state index contributed by atoms with van der Waals surface area (Å²) in [6.07, 6.45) is 0.363. The van der Waals surface area contributed by atoms with Crippen LogP contribution in [0.15, 0.2) is 0 Å². The summed E-state index contributed by atoms with van der Waals surface area (Å²) >= 11 is 0. The Morgan fingerprint density at radius 2 is 1.83 bits per heavy atom. The fourth-order valence-corrected chi connectivity index (χ4v) is 15.8. The van der Waals surface area contributed by atoms with Crippen LogP contribution in [0.2, 0.25) is 37.8 Å². The standard InChI is InChI=1S/C18H37F3O5Si3/c1-27-25-28(2,14-7-10-22-12-9-18(19,20)21)13-5-4-11-24-29(3,26-27)15-6-8-17-16-23-17/h17,27H,4-16H2,1-3H3. The number of alkyl halides is 3. The highest BCUT2D eigenvalue weighted by Gasteiger charge is 2.39. The first-order valence-electron chi connectivity index (χ1n) is 10.8. The smallest absolute Gasteiger partial charge is 0.391 e. The maximum absolute atomic E-state index is 12.2. The highest BCUT2D eigenvalue weighted by Crippen LogP contribution is 2.29. The van der Waals surface area contributed by atoms with E-state index < -0.39 is 38.8 Å². The fourth-order valence-electron chi connectivity index (χ4n) is 3.80. The van der Waals surface area contributed by atoms with Crippen LogP contribution in [0.3, 0.4) is 0 Å². The lowest BCUT2D eigenvalue weighted by atomic mass is 10.3. The summed E-state index contributed by atoms with van der Waals surface area (Å²) in [4.78, 5) is 0. The van der Waals surface area contributed by atoms with E-state index in [-0.39, 0.29) is 6.61 Å². The van der Waals surface area contributed by atoms with E-state index in [9.17, 15) is 13.2 Å². The van der Waals surface area contributed by atoms with Crippen LogP contribution in [-0.4, -0.2) is 64.9 Å². The Labute approximate surface area is 176 Å². The molecular formula is C18H37F3O5Si3. The van der Waals surface area contributed by atoms with Crippen LogP contribution in [0.25, 0.3) is 0 Å². The van der Waals surface area contributed by atoms with E-state index in [0.717, 1.165) is 63.5 Å². The van der Waals surface area contributed by atoms with Gasteiger partial charge in [0.2, 0.25) is 0 Å². The van der Waals surface area contributed by atoms with Crippen molar-refractivity contribution in [3.05, 3.63) is 0 Å². The maximum Gasteiger partial charge on any atom is 0.391 e. The molecule has 2 fully saturated rings. The third-order valence-corrected chi connectivity index (χ3v) is 17.3. The predicted molar refractivity (Wildman–Crippen MR) is 113 cm³/mol. The molecule has 0 spiro atoms. The minimum Gasteiger partial charge on any atom is -0.438 e. The number of halogens is 3. The number of epoxide rings is 1. The Kier molecular flexibility index (Phi) is 10.3. The molecule has 0 aromatic carbocycles. The van der Waals surface area contributed by atoms with Gasteiger partial charge in [0, 0.05) is 13.2 Å². The lowest BCUT2D eigenvalue weighted by molar-refractivity contribution is -0.145. The van der Waals surface area contributed by atoms with Crippen molar-refractivity contribution in [2.75, 3.05) is 26.4 Å². The second-order valence-corrected chi connectivity index (χ2v) is 18.6. The molecule has 11 heteroatoms. The molecule has 5 nitrogen and oxygen atoms in total. The van der Waals surface area contributed by atoms with E-state index in [0.29, 0.717) is 12.7 Å². The summed E-state index contributed by atoms with van der Waals surface area (Å²) in [7, 11) is -6.02. The average molecular weight is 475 g/mol. The minimum absolute atomic E-state index is 0.260. The van der Waals surface area contributed by atoms with Gasteiger partial charge in [0.05, 0.1) is 25.7 Å². The minimum atomic E-state index is -4.15. The second kappa shape index (κ2) is 11.7. The second-order valence-electron chi connectivity index (χ2n) is 8.62. The monoisotopic (exact) mass is 474 g/mol. The molecule has 2 rings (SSSR count). The van der Waals surface area contributed by atoms with Crippen molar-refractivity contribution in [1.82, 2.24) is 0 Å². The Bertz CT molecular complexity index is 484. The van der Waals surface area contributed by atoms with Crippen molar-refractivity contribution >= 4 is 26.2 Å². The largest absolute Gasteiger partial charge is 0.438 e. The van der Waals surface area contributed by atoms with E-state index in [1.807, 2.05) is 0 Å². The molecule has 2 heterocycles. The van der Waals surface area contributed by atoms with Crippen LogP contribution in [0.1, 0.15) is 38.5 Å². The Morgan fingerprint density at radius 3 is 2.52 bits per heavy atom. The highest BCUT2D eigenvalue weighted by atomic mass is 28.5. The zero-order valence-electron chi connectivity index (χ0n) is 18.0. The maximum atomic E-state index is 12.2. The first kappa shape index (κ1) is 25.5. The van der Waals surface area contributed by atoms with Crippen molar-refractivity contribution in [3.8, 4) is 0 Å². The number of hydrogen-bond donors (Lipinski definition) is 0. The molecule has 0 radical (unpaired) electrons. The van der Waals surface area contributed by atoms with Gasteiger partial charge in [0.1, 0.15) is 0 Å². The molecule has 0 bridgehead atoms. The van der Waals surface area contributed by atoms with Gasteiger partial charge in [-0.3, -0.25) is 0 Å². The van der Waals surface area contributed by atoms with Crippen molar-refractivity contribution in [2.24, 2.45) is 0 Å². The molecule has 2 aliphatic rings. The summed E-state index contributed by atoms with van der Waals surface area (Å²) in [5.74, 6) is 0. The van der Waals surface area contributed by atoms with Gasteiger partial charge in [-0.1, -0.05) is 6.42 Å². The zero-order valence-corrected chi connectivity index (χ0v) is 21.2. The van der Waals surface area contributed by atoms with E-state index in [1.165, 1.54) is 0 Å². The summed E-state index contributed by atoms with van der Waals surface area (Å²) in [5, 5.41) is 0. The normalized spacial score (nSPS) is 34.1. The molecule has 2 saturated heterocycles. The van der Waals surface area contributed by atoms with Crippen molar-refractivity contribution in [1.29, 1.82) is 0 Å². The topological polar surface area (TPSA) is 49.5 Å². The van der Waals surface area contributed by atoms with Gasteiger partial charge in [-0.05, 0) is 63.5 Å². The molecule has 29 heavy (non-hydrogen) atoms. The summed E-state index contributed by atoms with van der Waals surface area (Å²) in [6.45, 7) is 8.21. The van der Waals surface area contributed by atoms with E-state index in [1.54, 1.807) is 0 Å². The van der Waals surface area contributed by atoms with Crippen LogP contribution >= 0.6 is 0 Å². The summed E-state index contributed by atoms with van der Waals surface area (Å²) in [5.41, 5.74) is 0. The van der Waals surface area contributed by atoms with Gasteiger partial charge in [0.25, 0.3) is 9.28 Å². The average Bonchev–Trinajstić information content (AvgIpc) is 3.40. The van der Waals surface area contributed by atoms with Crippen LogP contribution in [-0.2, 0) is 22.1 Å². The fraction of sp³-hybridized carbons (Fsp3) is 1.00. The van der Waals surface area contributed by atoms with Gasteiger partial charge in [-0.25, -0.2) is 0 Å². The zero-order chi connectivity index (χ0) is 21.4. The molecule has 172 valence electrons. The molecule has 2 aliphatic heterocycles. The first-order valence-corrected chi connectivity index (χ1v) is 18.3. The number of rotatable bonds is 10. The highest BCUT2D eigenvalue weighted by molar-refractivity contribution is 6.81. The number of hydrogen-bond acceptors (Lipinski definition) is 5. The molecule has 0 aromatic rings. The SMILES string of the molecule is C[SiH]1O[Si](C)(CCCOCCC(F)(F)F)CCCCO[Si](C)(CCCC2CO2)O1. The van der Waals surface area contributed by atoms with Gasteiger partial charge in [-0.15, -0.1) is 0 Å². The van der Waals surface area contributed by atoms with Crippen molar-refractivity contribution in [2.45, 2.75) is 88.6 Å². The molecule has 4 atom stereocenters. The lowest BCUT2D eigenvalue weighted by Crippen LogP contribution is -2.49. The Morgan fingerprint density at radius 1 is 1.07 bits per heavy atom. The van der Waals surface area contributed by atoms with Crippen LogP contribution in [0, 0.1) is 0 Å². The molecule has 4 unspecified atom stereocenters. The summed E-state index contributed by atoms with van der Waals surface area (Å²) in [6, 6.07) is 2.91. The Hall–Kier alpha value is 0.241. The van der Waals surface area contributed by atoms with Gasteiger partial charge in [-0.2, -0.15) is 13.2 Å². The Balaban J connectivity index is 1.76. The molecule has 0 amide bonds. The van der Waals surface area contributed by atoms with E-state index >= 15 is 0 Å².